The Bertz CT molecular complexity index is 702. The zero-order valence-electron chi connectivity index (χ0n) is 12.0. The molecule has 0 bridgehead atoms. The highest BCUT2D eigenvalue weighted by Gasteiger charge is 2.00. The van der Waals surface area contributed by atoms with Gasteiger partial charge in [0.2, 0.25) is 5.95 Å². The first-order valence-electron chi connectivity index (χ1n) is 7.04. The minimum atomic E-state index is 0.593. The lowest BCUT2D eigenvalue weighted by Crippen LogP contribution is -2.08. The Morgan fingerprint density at radius 3 is 2.55 bits per heavy atom. The molecule has 110 valence electrons. The fourth-order valence-electron chi connectivity index (χ4n) is 1.97. The van der Waals surface area contributed by atoms with Gasteiger partial charge in [-0.25, -0.2) is 15.0 Å². The van der Waals surface area contributed by atoms with Gasteiger partial charge in [-0.3, -0.25) is 0 Å². The number of nitrogens with one attached hydrogen (secondary N) is 2. The van der Waals surface area contributed by atoms with Gasteiger partial charge in [0.05, 0.1) is 0 Å². The molecule has 6 nitrogen and oxygen atoms in total. The lowest BCUT2D eigenvalue weighted by atomic mass is 10.1. The molecule has 3 aromatic rings. The van der Waals surface area contributed by atoms with E-state index < -0.39 is 0 Å². The van der Waals surface area contributed by atoms with E-state index in [0.29, 0.717) is 17.6 Å². The van der Waals surface area contributed by atoms with Crippen molar-refractivity contribution < 1.29 is 0 Å². The van der Waals surface area contributed by atoms with Crippen LogP contribution < -0.4 is 10.6 Å². The van der Waals surface area contributed by atoms with Crippen molar-refractivity contribution in [3.63, 3.8) is 0 Å². The van der Waals surface area contributed by atoms with Crippen molar-refractivity contribution in [2.45, 2.75) is 6.42 Å². The van der Waals surface area contributed by atoms with Crippen LogP contribution in [0.5, 0.6) is 0 Å². The summed E-state index contributed by atoms with van der Waals surface area (Å²) in [7, 11) is 0. The molecule has 0 aliphatic carbocycles. The van der Waals surface area contributed by atoms with Gasteiger partial charge in [-0.05, 0) is 24.1 Å². The lowest BCUT2D eigenvalue weighted by molar-refractivity contribution is 0.984. The highest BCUT2D eigenvalue weighted by molar-refractivity contribution is 5.51. The second-order valence-corrected chi connectivity index (χ2v) is 4.65. The van der Waals surface area contributed by atoms with Gasteiger partial charge in [0.1, 0.15) is 18.0 Å². The van der Waals surface area contributed by atoms with Crippen molar-refractivity contribution in [3.8, 4) is 0 Å². The Kier molecular flexibility index (Phi) is 4.51. The van der Waals surface area contributed by atoms with Crippen LogP contribution >= 0.6 is 0 Å². The van der Waals surface area contributed by atoms with Gasteiger partial charge in [0.25, 0.3) is 0 Å². The molecule has 0 saturated heterocycles. The van der Waals surface area contributed by atoms with Crippen LogP contribution in [0, 0.1) is 0 Å². The second kappa shape index (κ2) is 7.12. The molecule has 3 rings (SSSR count). The van der Waals surface area contributed by atoms with E-state index in [9.17, 15) is 0 Å². The monoisotopic (exact) mass is 292 g/mol. The van der Waals surface area contributed by atoms with Crippen molar-refractivity contribution in [1.29, 1.82) is 0 Å². The molecule has 0 aliphatic heterocycles. The summed E-state index contributed by atoms with van der Waals surface area (Å²) < 4.78 is 0. The van der Waals surface area contributed by atoms with Crippen molar-refractivity contribution >= 4 is 17.6 Å². The lowest BCUT2D eigenvalue weighted by Gasteiger charge is -2.07. The Morgan fingerprint density at radius 2 is 1.73 bits per heavy atom. The molecule has 0 unspecified atom stereocenters. The van der Waals surface area contributed by atoms with Gasteiger partial charge >= 0.3 is 0 Å². The smallest absolute Gasteiger partial charge is 0.224 e. The Morgan fingerprint density at radius 1 is 0.864 bits per heavy atom. The van der Waals surface area contributed by atoms with Crippen molar-refractivity contribution in [1.82, 2.24) is 19.9 Å². The van der Waals surface area contributed by atoms with Crippen LogP contribution in [0.25, 0.3) is 0 Å². The van der Waals surface area contributed by atoms with Gasteiger partial charge in [-0.15, -0.1) is 0 Å². The molecule has 0 radical (unpaired) electrons. The topological polar surface area (TPSA) is 75.6 Å². The van der Waals surface area contributed by atoms with Gasteiger partial charge < -0.3 is 10.6 Å². The van der Waals surface area contributed by atoms with Crippen LogP contribution in [-0.2, 0) is 6.42 Å². The highest BCUT2D eigenvalue weighted by atomic mass is 15.2. The molecule has 0 atom stereocenters. The number of anilines is 3. The Hall–Kier alpha value is -3.02. The number of hydrogen-bond donors (Lipinski definition) is 2. The molecule has 2 aromatic heterocycles. The van der Waals surface area contributed by atoms with Crippen LogP contribution in [-0.4, -0.2) is 26.5 Å². The molecule has 0 saturated carbocycles. The first-order chi connectivity index (χ1) is 10.9. The maximum absolute atomic E-state index is 4.41. The Balaban J connectivity index is 1.57. The fraction of sp³-hybridized carbons (Fsp3) is 0.125. The van der Waals surface area contributed by atoms with Crippen molar-refractivity contribution in [2.75, 3.05) is 17.2 Å². The first-order valence-corrected chi connectivity index (χ1v) is 7.04. The standard InChI is InChI=1S/C16H16N6/c1-2-4-13(5-3-1)6-10-18-16-19-11-8-15(22-16)21-14-7-9-17-12-20-14/h1-5,7-9,11-12H,6,10H2,(H2,17,18,19,20,21,22). The summed E-state index contributed by atoms with van der Waals surface area (Å²) in [5, 5.41) is 6.33. The van der Waals surface area contributed by atoms with Crippen molar-refractivity contribution in [2.24, 2.45) is 0 Å². The predicted molar refractivity (Wildman–Crippen MR) is 86.0 cm³/mol. The van der Waals surface area contributed by atoms with E-state index in [0.717, 1.165) is 13.0 Å². The molecular weight excluding hydrogens is 276 g/mol. The van der Waals surface area contributed by atoms with E-state index in [2.05, 4.69) is 42.7 Å². The van der Waals surface area contributed by atoms with Crippen LogP contribution in [0.2, 0.25) is 0 Å². The molecule has 22 heavy (non-hydrogen) atoms. The third kappa shape index (κ3) is 3.99. The molecule has 2 N–H and O–H groups in total. The van der Waals surface area contributed by atoms with Crippen molar-refractivity contribution in [3.05, 3.63) is 66.7 Å². The first kappa shape index (κ1) is 13.9. The number of rotatable bonds is 6. The van der Waals surface area contributed by atoms with Gasteiger partial charge in [-0.2, -0.15) is 4.98 Å². The average molecular weight is 292 g/mol. The fourth-order valence-corrected chi connectivity index (χ4v) is 1.97. The van der Waals surface area contributed by atoms with Crippen LogP contribution in [0.1, 0.15) is 5.56 Å². The number of benzene rings is 1. The highest BCUT2D eigenvalue weighted by Crippen LogP contribution is 2.11. The maximum Gasteiger partial charge on any atom is 0.224 e. The van der Waals surface area contributed by atoms with Crippen LogP contribution in [0.4, 0.5) is 17.6 Å². The minimum absolute atomic E-state index is 0.593. The zero-order valence-corrected chi connectivity index (χ0v) is 12.0. The molecular formula is C16H16N6. The summed E-state index contributed by atoms with van der Waals surface area (Å²) >= 11 is 0. The van der Waals surface area contributed by atoms with E-state index in [-0.39, 0.29) is 0 Å². The normalized spacial score (nSPS) is 10.2. The largest absolute Gasteiger partial charge is 0.354 e. The molecule has 0 amide bonds. The molecule has 1 aromatic carbocycles. The van der Waals surface area contributed by atoms with Gasteiger partial charge in [0.15, 0.2) is 0 Å². The third-order valence-electron chi connectivity index (χ3n) is 3.03. The summed E-state index contributed by atoms with van der Waals surface area (Å²) in [5.74, 6) is 1.98. The van der Waals surface area contributed by atoms with Gasteiger partial charge in [0, 0.05) is 18.9 Å². The molecule has 0 aliphatic rings. The molecule has 0 spiro atoms. The number of aromatic nitrogens is 4. The van der Waals surface area contributed by atoms with E-state index in [4.69, 9.17) is 0 Å². The SMILES string of the molecule is c1ccc(CCNc2nccc(Nc3ccncn3)n2)cc1. The quantitative estimate of drug-likeness (QED) is 0.727. The maximum atomic E-state index is 4.41. The van der Waals surface area contributed by atoms with Gasteiger partial charge in [-0.1, -0.05) is 30.3 Å². The summed E-state index contributed by atoms with van der Waals surface area (Å²) in [6, 6.07) is 13.9. The average Bonchev–Trinajstić information content (AvgIpc) is 2.57. The van der Waals surface area contributed by atoms with E-state index >= 15 is 0 Å². The number of hydrogen-bond acceptors (Lipinski definition) is 6. The van der Waals surface area contributed by atoms with E-state index in [1.807, 2.05) is 18.2 Å². The zero-order chi connectivity index (χ0) is 15.0. The third-order valence-corrected chi connectivity index (χ3v) is 3.03. The molecule has 2 heterocycles. The number of nitrogens with zero attached hydrogens (tertiary/aromatic N) is 4. The Labute approximate surface area is 128 Å². The summed E-state index contributed by atoms with van der Waals surface area (Å²) in [4.78, 5) is 16.6. The predicted octanol–water partition coefficient (Wildman–Crippen LogP) is 2.66. The van der Waals surface area contributed by atoms with Crippen LogP contribution in [0.3, 0.4) is 0 Å². The minimum Gasteiger partial charge on any atom is -0.354 e. The molecule has 0 fully saturated rings. The second-order valence-electron chi connectivity index (χ2n) is 4.65. The summed E-state index contributed by atoms with van der Waals surface area (Å²) in [6.45, 7) is 0.779. The van der Waals surface area contributed by atoms with E-state index in [1.54, 1.807) is 24.5 Å². The molecule has 6 heteroatoms. The van der Waals surface area contributed by atoms with Crippen LogP contribution in [0.15, 0.2) is 61.2 Å². The summed E-state index contributed by atoms with van der Waals surface area (Å²) in [5.41, 5.74) is 1.28. The summed E-state index contributed by atoms with van der Waals surface area (Å²) in [6.07, 6.45) is 5.80. The van der Waals surface area contributed by atoms with E-state index in [1.165, 1.54) is 11.9 Å².